The van der Waals surface area contributed by atoms with E-state index >= 15 is 0 Å². The average Bonchev–Trinajstić information content (AvgIpc) is 2.94. The Morgan fingerprint density at radius 1 is 1.04 bits per heavy atom. The third-order valence-corrected chi connectivity index (χ3v) is 4.86. The number of hydrogen-bond donors (Lipinski definition) is 0. The fraction of sp³-hybridized carbons (Fsp3) is 0.222. The van der Waals surface area contributed by atoms with Crippen LogP contribution in [0.1, 0.15) is 16.7 Å². The Balaban J connectivity index is 1.76. The second-order valence-corrected chi connectivity index (χ2v) is 6.66. The Morgan fingerprint density at radius 3 is 2.44 bits per heavy atom. The van der Waals surface area contributed by atoms with E-state index in [1.165, 1.54) is 23.9 Å². The fourth-order valence-corrected chi connectivity index (χ4v) is 3.23. The summed E-state index contributed by atoms with van der Waals surface area (Å²) in [5.74, 6) is 1.12. The normalized spacial score (nSPS) is 11.7. The molecule has 0 spiro atoms. The summed E-state index contributed by atoms with van der Waals surface area (Å²) in [5, 5.41) is 9.01. The maximum atomic E-state index is 12.8. The van der Waals surface area contributed by atoms with Crippen LogP contribution >= 0.6 is 11.8 Å². The lowest BCUT2D eigenvalue weighted by molar-refractivity contribution is -0.137. The third kappa shape index (κ3) is 4.04. The summed E-state index contributed by atoms with van der Waals surface area (Å²) < 4.78 is 40.2. The molecule has 0 aliphatic carbocycles. The smallest absolute Gasteiger partial charge is 0.305 e. The second kappa shape index (κ2) is 6.92. The highest BCUT2D eigenvalue weighted by Crippen LogP contribution is 2.31. The van der Waals surface area contributed by atoms with Crippen LogP contribution in [0.25, 0.3) is 11.4 Å². The summed E-state index contributed by atoms with van der Waals surface area (Å²) in [7, 11) is 1.85. The maximum absolute atomic E-state index is 12.8. The minimum Gasteiger partial charge on any atom is -0.305 e. The Kier molecular flexibility index (Phi) is 4.85. The molecule has 0 N–H and O–H groups in total. The van der Waals surface area contributed by atoms with Crippen molar-refractivity contribution in [2.24, 2.45) is 7.05 Å². The predicted molar refractivity (Wildman–Crippen MR) is 92.2 cm³/mol. The summed E-state index contributed by atoms with van der Waals surface area (Å²) in [6.45, 7) is 2.01. The van der Waals surface area contributed by atoms with Gasteiger partial charge in [0.05, 0.1) is 5.56 Å². The Hall–Kier alpha value is -2.28. The second-order valence-electron chi connectivity index (χ2n) is 5.72. The molecule has 3 nitrogen and oxygen atoms in total. The first kappa shape index (κ1) is 17.5. The molecule has 1 aromatic heterocycles. The molecule has 0 bridgehead atoms. The molecule has 0 saturated heterocycles. The van der Waals surface area contributed by atoms with Crippen LogP contribution in [0.5, 0.6) is 0 Å². The minimum atomic E-state index is -4.33. The average molecular weight is 363 g/mol. The van der Waals surface area contributed by atoms with E-state index < -0.39 is 11.7 Å². The summed E-state index contributed by atoms with van der Waals surface area (Å²) in [6.07, 6.45) is -4.33. The molecule has 1 heterocycles. The molecule has 2 aromatic carbocycles. The number of thioether (sulfide) groups is 1. The zero-order valence-corrected chi connectivity index (χ0v) is 14.5. The molecule has 3 aromatic rings. The molecular formula is C18H16F3N3S. The Bertz CT molecular complexity index is 870. The van der Waals surface area contributed by atoms with Crippen LogP contribution in [0, 0.1) is 6.92 Å². The van der Waals surface area contributed by atoms with Crippen molar-refractivity contribution in [3.8, 4) is 11.4 Å². The number of benzene rings is 2. The highest BCUT2D eigenvalue weighted by Gasteiger charge is 2.30. The maximum Gasteiger partial charge on any atom is 0.416 e. The molecule has 0 unspecified atom stereocenters. The molecule has 0 radical (unpaired) electrons. The largest absolute Gasteiger partial charge is 0.416 e. The van der Waals surface area contributed by atoms with Crippen LogP contribution in [0.4, 0.5) is 13.2 Å². The summed E-state index contributed by atoms with van der Waals surface area (Å²) >= 11 is 1.36. The number of aromatic nitrogens is 3. The van der Waals surface area contributed by atoms with Gasteiger partial charge in [0.2, 0.25) is 0 Å². The van der Waals surface area contributed by atoms with Crippen LogP contribution in [-0.2, 0) is 19.0 Å². The Morgan fingerprint density at radius 2 is 1.76 bits per heavy atom. The van der Waals surface area contributed by atoms with Crippen LogP contribution in [0.15, 0.2) is 53.7 Å². The van der Waals surface area contributed by atoms with Gasteiger partial charge in [-0.15, -0.1) is 10.2 Å². The number of hydrogen-bond acceptors (Lipinski definition) is 3. The monoisotopic (exact) mass is 363 g/mol. The highest BCUT2D eigenvalue weighted by molar-refractivity contribution is 7.98. The van der Waals surface area contributed by atoms with Gasteiger partial charge >= 0.3 is 6.18 Å². The van der Waals surface area contributed by atoms with E-state index in [0.29, 0.717) is 16.5 Å². The van der Waals surface area contributed by atoms with Crippen molar-refractivity contribution in [3.63, 3.8) is 0 Å². The van der Waals surface area contributed by atoms with Crippen molar-refractivity contribution in [2.45, 2.75) is 24.0 Å². The van der Waals surface area contributed by atoms with E-state index in [-0.39, 0.29) is 0 Å². The number of rotatable bonds is 4. The quantitative estimate of drug-likeness (QED) is 0.604. The summed E-state index contributed by atoms with van der Waals surface area (Å²) in [6, 6.07) is 13.3. The van der Waals surface area contributed by atoms with Gasteiger partial charge in [0.15, 0.2) is 11.0 Å². The lowest BCUT2D eigenvalue weighted by Crippen LogP contribution is -2.05. The van der Waals surface area contributed by atoms with Crippen molar-refractivity contribution in [3.05, 3.63) is 65.2 Å². The van der Waals surface area contributed by atoms with Crippen LogP contribution in [0.2, 0.25) is 0 Å². The predicted octanol–water partition coefficient (Wildman–Crippen LogP) is 5.10. The van der Waals surface area contributed by atoms with Gasteiger partial charge in [-0.1, -0.05) is 59.8 Å². The van der Waals surface area contributed by atoms with Crippen molar-refractivity contribution < 1.29 is 13.2 Å². The fourth-order valence-electron chi connectivity index (χ4n) is 2.38. The molecule has 130 valence electrons. The van der Waals surface area contributed by atoms with E-state index in [1.807, 2.05) is 42.8 Å². The van der Waals surface area contributed by atoms with E-state index in [0.717, 1.165) is 23.0 Å². The number of nitrogens with zero attached hydrogens (tertiary/aromatic N) is 3. The molecule has 0 fully saturated rings. The molecule has 0 aliphatic heterocycles. The number of alkyl halides is 3. The lowest BCUT2D eigenvalue weighted by Gasteiger charge is -2.08. The lowest BCUT2D eigenvalue weighted by atomic mass is 10.1. The summed E-state index contributed by atoms with van der Waals surface area (Å²) in [4.78, 5) is 0. The number of aryl methyl sites for hydroxylation is 1. The first-order chi connectivity index (χ1) is 11.8. The van der Waals surface area contributed by atoms with Crippen molar-refractivity contribution >= 4 is 11.8 Å². The van der Waals surface area contributed by atoms with Gasteiger partial charge in [0.1, 0.15) is 0 Å². The van der Waals surface area contributed by atoms with Gasteiger partial charge in [-0.05, 0) is 18.6 Å². The zero-order chi connectivity index (χ0) is 18.0. The molecule has 25 heavy (non-hydrogen) atoms. The van der Waals surface area contributed by atoms with E-state index in [4.69, 9.17) is 0 Å². The van der Waals surface area contributed by atoms with E-state index in [2.05, 4.69) is 10.2 Å². The van der Waals surface area contributed by atoms with E-state index in [9.17, 15) is 13.2 Å². The third-order valence-electron chi connectivity index (χ3n) is 3.77. The highest BCUT2D eigenvalue weighted by atomic mass is 32.2. The molecule has 0 aliphatic rings. The summed E-state index contributed by atoms with van der Waals surface area (Å²) in [5.41, 5.74) is 2.07. The van der Waals surface area contributed by atoms with Gasteiger partial charge in [0.25, 0.3) is 0 Å². The molecular weight excluding hydrogens is 347 g/mol. The topological polar surface area (TPSA) is 30.7 Å². The number of halogens is 3. The van der Waals surface area contributed by atoms with Crippen molar-refractivity contribution in [1.29, 1.82) is 0 Å². The molecule has 0 amide bonds. The molecule has 0 atom stereocenters. The van der Waals surface area contributed by atoms with Crippen molar-refractivity contribution in [2.75, 3.05) is 0 Å². The van der Waals surface area contributed by atoms with Gasteiger partial charge in [-0.2, -0.15) is 13.2 Å². The standard InChI is InChI=1S/C18H16F3N3S/c1-12-6-8-14(9-7-12)16-22-23-17(24(16)2)25-11-13-4-3-5-15(10-13)18(19,20)21/h3-10H,11H2,1-2H3. The SMILES string of the molecule is Cc1ccc(-c2nnc(SCc3cccc(C(F)(F)F)c3)n2C)cc1. The minimum absolute atomic E-state index is 0.393. The first-order valence-electron chi connectivity index (χ1n) is 7.60. The van der Waals surface area contributed by atoms with Gasteiger partial charge < -0.3 is 4.57 Å². The first-order valence-corrected chi connectivity index (χ1v) is 8.58. The van der Waals surface area contributed by atoms with Gasteiger partial charge in [-0.3, -0.25) is 0 Å². The molecule has 3 rings (SSSR count). The molecule has 7 heteroatoms. The van der Waals surface area contributed by atoms with Crippen LogP contribution in [-0.4, -0.2) is 14.8 Å². The van der Waals surface area contributed by atoms with Crippen LogP contribution < -0.4 is 0 Å². The Labute approximate surface area is 147 Å². The van der Waals surface area contributed by atoms with E-state index in [1.54, 1.807) is 6.07 Å². The van der Waals surface area contributed by atoms with Gasteiger partial charge in [-0.25, -0.2) is 0 Å². The molecule has 0 saturated carbocycles. The van der Waals surface area contributed by atoms with Crippen molar-refractivity contribution in [1.82, 2.24) is 14.8 Å². The van der Waals surface area contributed by atoms with Crippen LogP contribution in [0.3, 0.4) is 0 Å². The van der Waals surface area contributed by atoms with Gasteiger partial charge in [0, 0.05) is 18.4 Å². The zero-order valence-electron chi connectivity index (χ0n) is 13.7.